The molecule has 0 aromatic carbocycles. The molecule has 2 rings (SSSR count). The largest absolute Gasteiger partial charge is 0.375 e. The van der Waals surface area contributed by atoms with Gasteiger partial charge in [0.25, 0.3) is 0 Å². The van der Waals surface area contributed by atoms with E-state index in [9.17, 15) is 4.79 Å². The first kappa shape index (κ1) is 13.1. The molecule has 2 heterocycles. The van der Waals surface area contributed by atoms with Crippen molar-refractivity contribution in [3.63, 3.8) is 0 Å². The third kappa shape index (κ3) is 2.75. The Morgan fingerprint density at radius 3 is 2.94 bits per heavy atom. The van der Waals surface area contributed by atoms with Crippen molar-refractivity contribution in [2.75, 3.05) is 13.2 Å². The lowest BCUT2D eigenvalue weighted by Crippen LogP contribution is -2.39. The molecule has 4 nitrogen and oxygen atoms in total. The lowest BCUT2D eigenvalue weighted by molar-refractivity contribution is -0.136. The Balaban J connectivity index is 2.19. The number of aromatic nitrogens is 1. The van der Waals surface area contributed by atoms with Crippen LogP contribution in [0, 0.1) is 5.92 Å². The summed E-state index contributed by atoms with van der Waals surface area (Å²) in [6.07, 6.45) is 2.15. The van der Waals surface area contributed by atoms with Crippen molar-refractivity contribution in [2.45, 2.75) is 40.0 Å². The van der Waals surface area contributed by atoms with Gasteiger partial charge in [-0.1, -0.05) is 13.8 Å². The fourth-order valence-electron chi connectivity index (χ4n) is 2.43. The molecule has 1 aliphatic heterocycles. The first-order valence-electron chi connectivity index (χ1n) is 6.66. The number of hydrogen-bond donors (Lipinski definition) is 0. The van der Waals surface area contributed by atoms with Crippen molar-refractivity contribution in [1.82, 2.24) is 9.47 Å². The van der Waals surface area contributed by atoms with E-state index < -0.39 is 0 Å². The van der Waals surface area contributed by atoms with Gasteiger partial charge < -0.3 is 14.2 Å². The molecule has 0 saturated heterocycles. The van der Waals surface area contributed by atoms with Crippen LogP contribution in [0.4, 0.5) is 0 Å². The van der Waals surface area contributed by atoms with Crippen LogP contribution in [0.3, 0.4) is 0 Å². The van der Waals surface area contributed by atoms with E-state index in [2.05, 4.69) is 16.8 Å². The Morgan fingerprint density at radius 2 is 2.28 bits per heavy atom. The third-order valence-electron chi connectivity index (χ3n) is 3.31. The quantitative estimate of drug-likeness (QED) is 0.821. The molecule has 0 aliphatic carbocycles. The lowest BCUT2D eigenvalue weighted by atomic mass is 10.1. The van der Waals surface area contributed by atoms with E-state index in [0.29, 0.717) is 19.7 Å². The van der Waals surface area contributed by atoms with E-state index in [1.54, 1.807) is 0 Å². The van der Waals surface area contributed by atoms with E-state index in [0.717, 1.165) is 6.54 Å². The third-order valence-corrected chi connectivity index (χ3v) is 3.31. The normalized spacial score (nSPS) is 19.8. The average molecular weight is 250 g/mol. The van der Waals surface area contributed by atoms with E-state index in [1.807, 2.05) is 31.7 Å². The second-order valence-corrected chi connectivity index (χ2v) is 5.10. The van der Waals surface area contributed by atoms with Gasteiger partial charge in [0.1, 0.15) is 0 Å². The molecule has 1 aromatic rings. The van der Waals surface area contributed by atoms with Crippen LogP contribution in [0.25, 0.3) is 0 Å². The zero-order valence-corrected chi connectivity index (χ0v) is 11.4. The summed E-state index contributed by atoms with van der Waals surface area (Å²) in [4.78, 5) is 14.1. The maximum Gasteiger partial charge on any atom is 0.225 e. The molecule has 1 unspecified atom stereocenters. The lowest BCUT2D eigenvalue weighted by Gasteiger charge is -2.25. The maximum absolute atomic E-state index is 12.2. The number of carbonyl (C=O) groups excluding carboxylic acids is 1. The molecule has 1 atom stereocenters. The molecule has 0 bridgehead atoms. The first-order chi connectivity index (χ1) is 8.61. The fourth-order valence-corrected chi connectivity index (χ4v) is 2.43. The number of fused-ring (bicyclic) bond motifs is 1. The van der Waals surface area contributed by atoms with Gasteiger partial charge in [-0.3, -0.25) is 4.79 Å². The predicted octanol–water partition coefficient (Wildman–Crippen LogP) is 1.89. The number of amides is 1. The number of ether oxygens (including phenoxy) is 1. The number of carbonyl (C=O) groups is 1. The van der Waals surface area contributed by atoms with Gasteiger partial charge in [0.15, 0.2) is 0 Å². The van der Waals surface area contributed by atoms with E-state index in [4.69, 9.17) is 4.74 Å². The Kier molecular flexibility index (Phi) is 4.07. The molecular formula is C14H22N2O2. The highest BCUT2D eigenvalue weighted by Gasteiger charge is 2.26. The molecule has 4 heteroatoms. The summed E-state index contributed by atoms with van der Waals surface area (Å²) in [7, 11) is 0. The van der Waals surface area contributed by atoms with Crippen molar-refractivity contribution in [3.05, 3.63) is 24.0 Å². The van der Waals surface area contributed by atoms with E-state index in [1.165, 1.54) is 5.69 Å². The van der Waals surface area contributed by atoms with Crippen LogP contribution >= 0.6 is 0 Å². The minimum atomic E-state index is 0.0359. The van der Waals surface area contributed by atoms with Crippen LogP contribution in [0.5, 0.6) is 0 Å². The Hall–Kier alpha value is -1.29. The van der Waals surface area contributed by atoms with Crippen LogP contribution < -0.4 is 0 Å². The number of hydrogen-bond acceptors (Lipinski definition) is 2. The monoisotopic (exact) mass is 250 g/mol. The van der Waals surface area contributed by atoms with Gasteiger partial charge in [-0.2, -0.15) is 0 Å². The van der Waals surface area contributed by atoms with Crippen LogP contribution in [-0.2, 0) is 22.6 Å². The van der Waals surface area contributed by atoms with Gasteiger partial charge in [-0.05, 0) is 19.1 Å². The predicted molar refractivity (Wildman–Crippen MR) is 70.1 cm³/mol. The maximum atomic E-state index is 12.2. The van der Waals surface area contributed by atoms with Gasteiger partial charge in [0.05, 0.1) is 19.2 Å². The second-order valence-electron chi connectivity index (χ2n) is 5.10. The molecule has 1 amide bonds. The summed E-state index contributed by atoms with van der Waals surface area (Å²) in [5, 5.41) is 0. The Morgan fingerprint density at radius 1 is 1.50 bits per heavy atom. The van der Waals surface area contributed by atoms with E-state index in [-0.39, 0.29) is 17.9 Å². The topological polar surface area (TPSA) is 34.5 Å². The van der Waals surface area contributed by atoms with Crippen molar-refractivity contribution in [2.24, 2.45) is 5.92 Å². The molecule has 18 heavy (non-hydrogen) atoms. The SMILES string of the molecule is CCOC1CN(C(=O)C(C)C)Cc2cccn2C1. The highest BCUT2D eigenvalue weighted by molar-refractivity contribution is 5.78. The molecule has 1 aliphatic rings. The van der Waals surface area contributed by atoms with Crippen molar-refractivity contribution in [3.8, 4) is 0 Å². The minimum absolute atomic E-state index is 0.0359. The molecule has 1 aromatic heterocycles. The number of rotatable bonds is 3. The molecule has 0 radical (unpaired) electrons. The molecular weight excluding hydrogens is 228 g/mol. The average Bonchev–Trinajstić information content (AvgIpc) is 2.68. The summed E-state index contributed by atoms with van der Waals surface area (Å²) >= 11 is 0. The molecule has 100 valence electrons. The summed E-state index contributed by atoms with van der Waals surface area (Å²) < 4.78 is 7.92. The summed E-state index contributed by atoms with van der Waals surface area (Å²) in [6.45, 7) is 8.78. The highest BCUT2D eigenvalue weighted by atomic mass is 16.5. The Bertz CT molecular complexity index is 412. The molecule has 0 spiro atoms. The molecule has 0 N–H and O–H groups in total. The van der Waals surface area contributed by atoms with Gasteiger partial charge >= 0.3 is 0 Å². The van der Waals surface area contributed by atoms with Crippen LogP contribution in [0.15, 0.2) is 18.3 Å². The smallest absolute Gasteiger partial charge is 0.225 e. The Labute approximate surface area is 109 Å². The second kappa shape index (κ2) is 5.57. The molecule has 0 fully saturated rings. The van der Waals surface area contributed by atoms with Crippen LogP contribution in [-0.4, -0.2) is 34.6 Å². The zero-order valence-electron chi connectivity index (χ0n) is 11.4. The highest BCUT2D eigenvalue weighted by Crippen LogP contribution is 2.17. The summed E-state index contributed by atoms with van der Waals surface area (Å²) in [5.74, 6) is 0.239. The van der Waals surface area contributed by atoms with Crippen molar-refractivity contribution < 1.29 is 9.53 Å². The van der Waals surface area contributed by atoms with Gasteiger partial charge in [-0.15, -0.1) is 0 Å². The van der Waals surface area contributed by atoms with Crippen molar-refractivity contribution >= 4 is 5.91 Å². The first-order valence-corrected chi connectivity index (χ1v) is 6.66. The van der Waals surface area contributed by atoms with Crippen molar-refractivity contribution in [1.29, 1.82) is 0 Å². The standard InChI is InChI=1S/C14H22N2O2/c1-4-18-13-9-15-7-5-6-12(15)8-16(10-13)14(17)11(2)3/h5-7,11,13H,4,8-10H2,1-3H3. The van der Waals surface area contributed by atoms with Gasteiger partial charge in [-0.25, -0.2) is 0 Å². The summed E-state index contributed by atoms with van der Waals surface area (Å²) in [5.41, 5.74) is 1.19. The number of nitrogens with zero attached hydrogens (tertiary/aromatic N) is 2. The van der Waals surface area contributed by atoms with Crippen LogP contribution in [0.1, 0.15) is 26.5 Å². The molecule has 0 saturated carbocycles. The fraction of sp³-hybridized carbons (Fsp3) is 0.643. The van der Waals surface area contributed by atoms with E-state index >= 15 is 0 Å². The van der Waals surface area contributed by atoms with Gasteiger partial charge in [0.2, 0.25) is 5.91 Å². The minimum Gasteiger partial charge on any atom is -0.375 e. The van der Waals surface area contributed by atoms with Crippen LogP contribution in [0.2, 0.25) is 0 Å². The zero-order chi connectivity index (χ0) is 13.1. The summed E-state index contributed by atoms with van der Waals surface area (Å²) in [6, 6.07) is 4.11. The van der Waals surface area contributed by atoms with Gasteiger partial charge in [0, 0.05) is 31.0 Å².